The van der Waals surface area contributed by atoms with Gasteiger partial charge in [0.2, 0.25) is 10.0 Å². The molecule has 0 saturated heterocycles. The molecule has 2 aromatic rings. The van der Waals surface area contributed by atoms with Crippen molar-refractivity contribution >= 4 is 15.7 Å². The van der Waals surface area contributed by atoms with Crippen LogP contribution in [0.4, 0.5) is 5.69 Å². The molecule has 0 spiro atoms. The summed E-state index contributed by atoms with van der Waals surface area (Å²) in [5.74, 6) is 1.08. The van der Waals surface area contributed by atoms with Gasteiger partial charge in [0.05, 0.1) is 25.7 Å². The van der Waals surface area contributed by atoms with E-state index in [1.165, 1.54) is 7.11 Å². The summed E-state index contributed by atoms with van der Waals surface area (Å²) in [6, 6.07) is 14.8. The lowest BCUT2D eigenvalue weighted by Crippen LogP contribution is -2.17. The van der Waals surface area contributed by atoms with Gasteiger partial charge in [0.1, 0.15) is 11.5 Å². The fourth-order valence-electron chi connectivity index (χ4n) is 2.21. The van der Waals surface area contributed by atoms with Gasteiger partial charge in [-0.15, -0.1) is 0 Å². The lowest BCUT2D eigenvalue weighted by Gasteiger charge is -2.13. The molecule has 2 aromatic carbocycles. The molecule has 0 aliphatic heterocycles. The summed E-state index contributed by atoms with van der Waals surface area (Å²) >= 11 is 0. The van der Waals surface area contributed by atoms with Crippen LogP contribution in [-0.4, -0.2) is 28.4 Å². The minimum atomic E-state index is -3.43. The molecule has 0 heterocycles. The molecule has 0 unspecified atom stereocenters. The van der Waals surface area contributed by atoms with Gasteiger partial charge in [-0.2, -0.15) is 0 Å². The number of nitrogens with one attached hydrogen (secondary N) is 1. The highest BCUT2D eigenvalue weighted by Gasteiger charge is 2.14. The standard InChI is InChI=1S/C17H21NO4S/c1-21-15-10-11-16(17(13-15)22-2)18-23(19,20)12-6-9-14-7-4-3-5-8-14/h3-5,7-8,10-11,13,18H,6,9,12H2,1-2H3. The molecule has 0 saturated carbocycles. The Morgan fingerprint density at radius 2 is 1.74 bits per heavy atom. The Kier molecular flexibility index (Phi) is 5.87. The van der Waals surface area contributed by atoms with Crippen LogP contribution in [0.1, 0.15) is 12.0 Å². The van der Waals surface area contributed by atoms with Gasteiger partial charge in [0.25, 0.3) is 0 Å². The van der Waals surface area contributed by atoms with E-state index in [1.807, 2.05) is 30.3 Å². The van der Waals surface area contributed by atoms with Gasteiger partial charge in [-0.1, -0.05) is 30.3 Å². The number of anilines is 1. The van der Waals surface area contributed by atoms with Crippen molar-refractivity contribution in [1.82, 2.24) is 0 Å². The molecule has 0 bridgehead atoms. The van der Waals surface area contributed by atoms with E-state index in [1.54, 1.807) is 25.3 Å². The van der Waals surface area contributed by atoms with Gasteiger partial charge in [0, 0.05) is 6.07 Å². The monoisotopic (exact) mass is 335 g/mol. The maximum atomic E-state index is 12.2. The van der Waals surface area contributed by atoms with Crippen LogP contribution in [-0.2, 0) is 16.4 Å². The third kappa shape index (κ3) is 5.17. The number of hydrogen-bond donors (Lipinski definition) is 1. The highest BCUT2D eigenvalue weighted by Crippen LogP contribution is 2.29. The van der Waals surface area contributed by atoms with Crippen molar-refractivity contribution in [1.29, 1.82) is 0 Å². The summed E-state index contributed by atoms with van der Waals surface area (Å²) in [6.45, 7) is 0. The second-order valence-corrected chi connectivity index (χ2v) is 6.92. The third-order valence-electron chi connectivity index (χ3n) is 3.40. The molecule has 0 amide bonds. The molecule has 2 rings (SSSR count). The van der Waals surface area contributed by atoms with Crippen LogP contribution in [0.15, 0.2) is 48.5 Å². The van der Waals surface area contributed by atoms with Crippen LogP contribution < -0.4 is 14.2 Å². The Morgan fingerprint density at radius 1 is 1.00 bits per heavy atom. The van der Waals surface area contributed by atoms with E-state index in [2.05, 4.69) is 4.72 Å². The van der Waals surface area contributed by atoms with E-state index < -0.39 is 10.0 Å². The van der Waals surface area contributed by atoms with Crippen LogP contribution >= 0.6 is 0 Å². The number of methoxy groups -OCH3 is 2. The summed E-state index contributed by atoms with van der Waals surface area (Å²) in [4.78, 5) is 0. The van der Waals surface area contributed by atoms with Gasteiger partial charge >= 0.3 is 0 Å². The molecule has 1 N–H and O–H groups in total. The second-order valence-electron chi connectivity index (χ2n) is 5.08. The van der Waals surface area contributed by atoms with Gasteiger partial charge in [0.15, 0.2) is 0 Å². The molecule has 0 aromatic heterocycles. The molecule has 0 radical (unpaired) electrons. The highest BCUT2D eigenvalue weighted by molar-refractivity contribution is 7.92. The van der Waals surface area contributed by atoms with E-state index in [0.717, 1.165) is 12.0 Å². The Labute approximate surface area is 137 Å². The average Bonchev–Trinajstić information content (AvgIpc) is 2.55. The third-order valence-corrected chi connectivity index (χ3v) is 4.75. The van der Waals surface area contributed by atoms with Crippen molar-refractivity contribution in [3.8, 4) is 11.5 Å². The first-order chi connectivity index (χ1) is 11.0. The molecule has 5 nitrogen and oxygen atoms in total. The zero-order chi connectivity index (χ0) is 16.7. The predicted molar refractivity (Wildman–Crippen MR) is 91.7 cm³/mol. The quantitative estimate of drug-likeness (QED) is 0.805. The first-order valence-electron chi connectivity index (χ1n) is 7.30. The Hall–Kier alpha value is -2.21. The van der Waals surface area contributed by atoms with Gasteiger partial charge in [-0.25, -0.2) is 8.42 Å². The zero-order valence-corrected chi connectivity index (χ0v) is 14.1. The van der Waals surface area contributed by atoms with Crippen LogP contribution in [0, 0.1) is 0 Å². The summed E-state index contributed by atoms with van der Waals surface area (Å²) in [7, 11) is -0.396. The topological polar surface area (TPSA) is 64.6 Å². The van der Waals surface area contributed by atoms with Crippen molar-refractivity contribution in [2.45, 2.75) is 12.8 Å². The average molecular weight is 335 g/mol. The number of hydrogen-bond acceptors (Lipinski definition) is 4. The molecule has 0 aliphatic carbocycles. The van der Waals surface area contributed by atoms with E-state index in [9.17, 15) is 8.42 Å². The van der Waals surface area contributed by atoms with Crippen molar-refractivity contribution in [3.63, 3.8) is 0 Å². The molecule has 0 aliphatic rings. The Bertz CT molecular complexity index is 730. The van der Waals surface area contributed by atoms with Crippen molar-refractivity contribution < 1.29 is 17.9 Å². The summed E-state index contributed by atoms with van der Waals surface area (Å²) in [6.07, 6.45) is 1.28. The Balaban J connectivity index is 1.98. The lowest BCUT2D eigenvalue weighted by atomic mass is 10.1. The fraction of sp³-hybridized carbons (Fsp3) is 0.294. The van der Waals surface area contributed by atoms with Crippen LogP contribution in [0.5, 0.6) is 11.5 Å². The number of sulfonamides is 1. The van der Waals surface area contributed by atoms with Crippen molar-refractivity contribution in [2.24, 2.45) is 0 Å². The molecule has 23 heavy (non-hydrogen) atoms. The first kappa shape index (κ1) is 17.1. The first-order valence-corrected chi connectivity index (χ1v) is 8.96. The molecular weight excluding hydrogens is 314 g/mol. The van der Waals surface area contributed by atoms with Gasteiger partial charge in [-0.05, 0) is 30.5 Å². The lowest BCUT2D eigenvalue weighted by molar-refractivity contribution is 0.395. The SMILES string of the molecule is COc1ccc(NS(=O)(=O)CCCc2ccccc2)c(OC)c1. The summed E-state index contributed by atoms with van der Waals surface area (Å²) < 4.78 is 37.3. The number of aryl methyl sites for hydroxylation is 1. The molecule has 6 heteroatoms. The smallest absolute Gasteiger partial charge is 0.232 e. The summed E-state index contributed by atoms with van der Waals surface area (Å²) in [5.41, 5.74) is 1.54. The number of ether oxygens (including phenoxy) is 2. The largest absolute Gasteiger partial charge is 0.497 e. The minimum Gasteiger partial charge on any atom is -0.497 e. The highest BCUT2D eigenvalue weighted by atomic mass is 32.2. The number of benzene rings is 2. The van der Waals surface area contributed by atoms with Crippen LogP contribution in [0.3, 0.4) is 0 Å². The van der Waals surface area contributed by atoms with E-state index in [4.69, 9.17) is 9.47 Å². The predicted octanol–water partition coefficient (Wildman–Crippen LogP) is 3.08. The van der Waals surface area contributed by atoms with Gasteiger partial charge in [-0.3, -0.25) is 4.72 Å². The molecule has 0 fully saturated rings. The van der Waals surface area contributed by atoms with Crippen molar-refractivity contribution in [2.75, 3.05) is 24.7 Å². The van der Waals surface area contributed by atoms with E-state index >= 15 is 0 Å². The fourth-order valence-corrected chi connectivity index (χ4v) is 3.34. The van der Waals surface area contributed by atoms with Gasteiger partial charge < -0.3 is 9.47 Å². The molecule has 124 valence electrons. The number of rotatable bonds is 8. The van der Waals surface area contributed by atoms with Crippen molar-refractivity contribution in [3.05, 3.63) is 54.1 Å². The second kappa shape index (κ2) is 7.87. The maximum Gasteiger partial charge on any atom is 0.232 e. The van der Waals surface area contributed by atoms with Crippen LogP contribution in [0.25, 0.3) is 0 Å². The van der Waals surface area contributed by atoms with E-state index in [0.29, 0.717) is 23.6 Å². The minimum absolute atomic E-state index is 0.0527. The molecule has 0 atom stereocenters. The summed E-state index contributed by atoms with van der Waals surface area (Å²) in [5, 5.41) is 0. The molecular formula is C17H21NO4S. The zero-order valence-electron chi connectivity index (χ0n) is 13.3. The maximum absolute atomic E-state index is 12.2. The van der Waals surface area contributed by atoms with Crippen LogP contribution in [0.2, 0.25) is 0 Å². The van der Waals surface area contributed by atoms with E-state index in [-0.39, 0.29) is 5.75 Å². The normalized spacial score (nSPS) is 11.0. The Morgan fingerprint density at radius 3 is 2.39 bits per heavy atom.